The molecule has 0 radical (unpaired) electrons. The number of unbranched alkanes of at least 4 members (excludes halogenated alkanes) is 10. The number of nitrogens with zero attached hydrogens (tertiary/aromatic N) is 4. The smallest absolute Gasteiger partial charge is 0.353 e. The van der Waals surface area contributed by atoms with Gasteiger partial charge in [0.2, 0.25) is 0 Å². The minimum Gasteiger partial charge on any atom is -0.382 e. The molecule has 43 heavy (non-hydrogen) atoms. The van der Waals surface area contributed by atoms with E-state index in [2.05, 4.69) is 60.3 Å². The number of hydrogen-bond donors (Lipinski definition) is 2. The van der Waals surface area contributed by atoms with Crippen LogP contribution < -0.4 is 5.73 Å². The number of ether oxygens (including phenoxy) is 2. The number of fused-ring (bicyclic) bond motifs is 1. The van der Waals surface area contributed by atoms with Crippen molar-refractivity contribution in [1.82, 2.24) is 19.5 Å². The molecule has 2 heterocycles. The maximum absolute atomic E-state index is 12.3. The molecule has 2 aromatic heterocycles. The summed E-state index contributed by atoms with van der Waals surface area (Å²) in [6, 6.07) is 0. The Morgan fingerprint density at radius 3 is 2.26 bits per heavy atom. The van der Waals surface area contributed by atoms with Gasteiger partial charge in [-0.1, -0.05) is 85.2 Å². The quantitative estimate of drug-likeness (QED) is 0.0624. The minimum absolute atomic E-state index is 0.0527. The molecule has 0 aromatic carbocycles. The van der Waals surface area contributed by atoms with E-state index in [-0.39, 0.29) is 19.3 Å². The summed E-state index contributed by atoms with van der Waals surface area (Å²) in [5.74, 6) is 3.77. The Bertz CT molecular complexity index is 1190. The Balaban J connectivity index is 1.39. The van der Waals surface area contributed by atoms with E-state index in [9.17, 15) is 9.46 Å². The first kappa shape index (κ1) is 37.4. The van der Waals surface area contributed by atoms with E-state index in [0.29, 0.717) is 35.2 Å². The summed E-state index contributed by atoms with van der Waals surface area (Å²) in [5, 5.41) is 0.346. The van der Waals surface area contributed by atoms with Crippen LogP contribution in [-0.2, 0) is 25.1 Å². The second-order valence-electron chi connectivity index (χ2n) is 13.0. The predicted molar refractivity (Wildman–Crippen MR) is 178 cm³/mol. The molecular weight excluding hydrogens is 581 g/mol. The summed E-state index contributed by atoms with van der Waals surface area (Å²) in [5.41, 5.74) is 10.5. The molecule has 12 heteroatoms. The molecule has 0 bridgehead atoms. The molecule has 0 saturated heterocycles. The van der Waals surface area contributed by atoms with Gasteiger partial charge in [-0.15, -0.1) is 11.5 Å². The van der Waals surface area contributed by atoms with Crippen molar-refractivity contribution in [3.63, 3.8) is 0 Å². The van der Waals surface area contributed by atoms with E-state index in [0.717, 1.165) is 19.3 Å². The van der Waals surface area contributed by atoms with Crippen LogP contribution in [-0.4, -0.2) is 64.8 Å². The van der Waals surface area contributed by atoms with Gasteiger partial charge in [-0.25, -0.2) is 15.0 Å². The van der Waals surface area contributed by atoms with Gasteiger partial charge in [0.05, 0.1) is 32.2 Å². The highest BCUT2D eigenvalue weighted by atomic mass is 31.2. The van der Waals surface area contributed by atoms with Crippen molar-refractivity contribution in [1.29, 1.82) is 0 Å². The highest BCUT2D eigenvalue weighted by Crippen LogP contribution is 2.42. The standard InChI is InChI=1S/C31H56N5O5PSi/c1-27(23-36-25-35-28-29(32)33-24-34-30(28)36)40-26-42(37,38)41-21-20-39-19-17-15-13-11-9-7-8-10-12-14-16-18-22-43(5,6)31(2,3)4/h24-25,27H,7-17,19-21,23,26H2,1-6H3,(H,37,38)(H2,32,33,34)/t27-/m1/s1. The topological polar surface area (TPSA) is 135 Å². The molecule has 10 nitrogen and oxygen atoms in total. The van der Waals surface area contributed by atoms with Crippen LogP contribution in [0, 0.1) is 11.5 Å². The van der Waals surface area contributed by atoms with Gasteiger partial charge in [0.1, 0.15) is 26.3 Å². The van der Waals surface area contributed by atoms with E-state index in [4.69, 9.17) is 19.7 Å². The van der Waals surface area contributed by atoms with Gasteiger partial charge < -0.3 is 29.2 Å². The monoisotopic (exact) mass is 637 g/mol. The van der Waals surface area contributed by atoms with Gasteiger partial charge in [-0.3, -0.25) is 4.57 Å². The van der Waals surface area contributed by atoms with Gasteiger partial charge in [0.15, 0.2) is 11.5 Å². The molecule has 2 aromatic rings. The summed E-state index contributed by atoms with van der Waals surface area (Å²) < 4.78 is 30.3. The molecule has 0 saturated carbocycles. The molecule has 1 unspecified atom stereocenters. The van der Waals surface area contributed by atoms with E-state index >= 15 is 0 Å². The summed E-state index contributed by atoms with van der Waals surface area (Å²) in [6.45, 7) is 14.9. The lowest BCUT2D eigenvalue weighted by atomic mass is 10.1. The molecule has 0 aliphatic rings. The Kier molecular flexibility index (Phi) is 16.4. The highest BCUT2D eigenvalue weighted by molar-refractivity contribution is 7.52. The van der Waals surface area contributed by atoms with Crippen molar-refractivity contribution in [2.75, 3.05) is 31.9 Å². The number of imidazole rings is 1. The second kappa shape index (κ2) is 18.9. The molecule has 244 valence electrons. The van der Waals surface area contributed by atoms with Gasteiger partial charge in [0, 0.05) is 13.0 Å². The van der Waals surface area contributed by atoms with Crippen LogP contribution in [0.1, 0.15) is 98.3 Å². The molecule has 0 fully saturated rings. The van der Waals surface area contributed by atoms with Crippen LogP contribution in [0.3, 0.4) is 0 Å². The molecule has 2 atom stereocenters. The van der Waals surface area contributed by atoms with Crippen molar-refractivity contribution >= 4 is 32.7 Å². The number of hydrogen-bond acceptors (Lipinski definition) is 8. The zero-order valence-corrected chi connectivity index (χ0v) is 29.3. The molecule has 0 aliphatic carbocycles. The first-order chi connectivity index (χ1) is 20.3. The van der Waals surface area contributed by atoms with Crippen LogP contribution in [0.25, 0.3) is 11.2 Å². The molecule has 3 N–H and O–H groups in total. The van der Waals surface area contributed by atoms with E-state index in [1.165, 1.54) is 57.7 Å². The van der Waals surface area contributed by atoms with Gasteiger partial charge in [0.25, 0.3) is 0 Å². The zero-order valence-electron chi connectivity index (χ0n) is 27.4. The van der Waals surface area contributed by atoms with Crippen LogP contribution in [0.4, 0.5) is 5.82 Å². The SMILES string of the molecule is C[C@H](Cn1cnc2c(N)ncnc21)OCP(=O)(O)OCCOCCCCCCCCCCCCC#C[Si](C)(C)C(C)(C)C. The Hall–Kier alpha value is -1.80. The lowest BCUT2D eigenvalue weighted by Gasteiger charge is -2.31. The number of aromatic nitrogens is 4. The molecule has 0 amide bonds. The Labute approximate surface area is 260 Å². The van der Waals surface area contributed by atoms with Crippen molar-refractivity contribution < 1.29 is 23.5 Å². The highest BCUT2D eigenvalue weighted by Gasteiger charge is 2.33. The second-order valence-corrected chi connectivity index (χ2v) is 19.8. The number of rotatable bonds is 21. The van der Waals surface area contributed by atoms with Crippen LogP contribution in [0.15, 0.2) is 12.7 Å². The third kappa shape index (κ3) is 14.7. The zero-order chi connectivity index (χ0) is 31.8. The lowest BCUT2D eigenvalue weighted by Crippen LogP contribution is -2.35. The average Bonchev–Trinajstić information content (AvgIpc) is 3.34. The van der Waals surface area contributed by atoms with Gasteiger partial charge in [-0.05, 0) is 24.8 Å². The largest absolute Gasteiger partial charge is 0.382 e. The van der Waals surface area contributed by atoms with Crippen LogP contribution >= 0.6 is 7.60 Å². The molecule has 2 rings (SSSR count). The van der Waals surface area contributed by atoms with Crippen molar-refractivity contribution in [3.05, 3.63) is 12.7 Å². The van der Waals surface area contributed by atoms with E-state index in [1.54, 1.807) is 17.8 Å². The van der Waals surface area contributed by atoms with Crippen LogP contribution in [0.5, 0.6) is 0 Å². The first-order valence-electron chi connectivity index (χ1n) is 15.9. The lowest BCUT2D eigenvalue weighted by molar-refractivity contribution is 0.0610. The summed E-state index contributed by atoms with van der Waals surface area (Å²) in [6.07, 6.45) is 15.7. The Morgan fingerprint density at radius 1 is 0.977 bits per heavy atom. The van der Waals surface area contributed by atoms with Crippen molar-refractivity contribution in [3.8, 4) is 11.5 Å². The van der Waals surface area contributed by atoms with Crippen molar-refractivity contribution in [2.24, 2.45) is 0 Å². The fourth-order valence-corrected chi connectivity index (χ4v) is 6.08. The maximum Gasteiger partial charge on any atom is 0.353 e. The summed E-state index contributed by atoms with van der Waals surface area (Å²) >= 11 is 0. The van der Waals surface area contributed by atoms with E-state index in [1.807, 2.05) is 0 Å². The summed E-state index contributed by atoms with van der Waals surface area (Å²) in [4.78, 5) is 22.4. The van der Waals surface area contributed by atoms with Crippen molar-refractivity contribution in [2.45, 2.75) is 129 Å². The minimum atomic E-state index is -3.87. The fraction of sp³-hybridized carbons (Fsp3) is 0.774. The van der Waals surface area contributed by atoms with Gasteiger partial charge >= 0.3 is 7.60 Å². The first-order valence-corrected chi connectivity index (χ1v) is 20.7. The fourth-order valence-electron chi connectivity index (χ4n) is 4.26. The number of nitrogens with two attached hydrogens (primary N) is 1. The third-order valence-electron chi connectivity index (χ3n) is 8.04. The summed E-state index contributed by atoms with van der Waals surface area (Å²) in [7, 11) is -5.32. The van der Waals surface area contributed by atoms with Gasteiger partial charge in [-0.2, -0.15) is 0 Å². The molecule has 0 aliphatic heterocycles. The third-order valence-corrected chi connectivity index (χ3v) is 13.7. The number of nitrogen functional groups attached to an aromatic ring is 1. The average molecular weight is 638 g/mol. The molecule has 0 spiro atoms. The number of anilines is 1. The molecular formula is C31H56N5O5PSi. The Morgan fingerprint density at radius 2 is 1.60 bits per heavy atom. The predicted octanol–water partition coefficient (Wildman–Crippen LogP) is 7.33. The van der Waals surface area contributed by atoms with Crippen LogP contribution in [0.2, 0.25) is 18.1 Å². The van der Waals surface area contributed by atoms with E-state index < -0.39 is 22.0 Å². The maximum atomic E-state index is 12.3. The normalized spacial score (nSPS) is 14.4.